The first-order valence-electron chi connectivity index (χ1n) is 10.5. The van der Waals surface area contributed by atoms with Crippen molar-refractivity contribution in [3.63, 3.8) is 0 Å². The lowest BCUT2D eigenvalue weighted by Gasteiger charge is -2.41. The number of piperidine rings is 1. The lowest BCUT2D eigenvalue weighted by molar-refractivity contribution is -0.135. The number of carbonyl (C=O) groups is 2. The van der Waals surface area contributed by atoms with Crippen LogP contribution in [0.2, 0.25) is 0 Å². The van der Waals surface area contributed by atoms with Gasteiger partial charge in [0.05, 0.1) is 6.54 Å². The molecule has 0 radical (unpaired) electrons. The molecule has 2 atom stereocenters. The molecule has 2 aliphatic rings. The third kappa shape index (κ3) is 4.49. The van der Waals surface area contributed by atoms with Crippen LogP contribution in [0, 0.1) is 12.8 Å². The summed E-state index contributed by atoms with van der Waals surface area (Å²) in [5.41, 5.74) is 2.78. The van der Waals surface area contributed by atoms with Crippen molar-refractivity contribution >= 4 is 17.5 Å². The summed E-state index contributed by atoms with van der Waals surface area (Å²) in [7, 11) is 0. The van der Waals surface area contributed by atoms with Crippen LogP contribution in [0.3, 0.4) is 0 Å². The van der Waals surface area contributed by atoms with E-state index in [1.807, 2.05) is 34.9 Å². The number of nitrogens with one attached hydrogen (secondary N) is 2. The van der Waals surface area contributed by atoms with E-state index in [1.165, 1.54) is 0 Å². The van der Waals surface area contributed by atoms with Crippen LogP contribution in [-0.4, -0.2) is 66.4 Å². The molecular weight excluding hydrogens is 352 g/mol. The van der Waals surface area contributed by atoms with Gasteiger partial charge in [0.25, 0.3) is 5.91 Å². The van der Waals surface area contributed by atoms with Gasteiger partial charge in [-0.15, -0.1) is 0 Å². The number of likely N-dealkylation sites (tertiary alicyclic amines) is 1. The van der Waals surface area contributed by atoms with E-state index in [2.05, 4.69) is 31.4 Å². The lowest BCUT2D eigenvalue weighted by atomic mass is 9.99. The maximum absolute atomic E-state index is 13.3. The summed E-state index contributed by atoms with van der Waals surface area (Å²) >= 11 is 0. The number of amides is 2. The molecule has 0 saturated carbocycles. The van der Waals surface area contributed by atoms with Gasteiger partial charge in [-0.1, -0.05) is 19.9 Å². The fourth-order valence-corrected chi connectivity index (χ4v) is 4.01. The molecule has 2 fully saturated rings. The number of hydrogen-bond donors (Lipinski definition) is 2. The van der Waals surface area contributed by atoms with E-state index in [0.717, 1.165) is 49.3 Å². The van der Waals surface area contributed by atoms with Gasteiger partial charge in [0.1, 0.15) is 0 Å². The van der Waals surface area contributed by atoms with Gasteiger partial charge in [-0.05, 0) is 50.3 Å². The molecule has 6 heteroatoms. The minimum absolute atomic E-state index is 0.0747. The zero-order valence-electron chi connectivity index (χ0n) is 17.6. The molecule has 0 bridgehead atoms. The van der Waals surface area contributed by atoms with E-state index >= 15 is 0 Å². The second-order valence-electron chi connectivity index (χ2n) is 8.47. The number of carbonyl (C=O) groups excluding carboxylic acids is 2. The standard InChI is InChI=1S/C22H34N4O2/c1-15(2)17(4)24-20-9-5-8-19(16(20)3)22(28)25-11-6-7-18(14-25)26-12-10-23-13-21(26)27/h5,8-9,15,17-18,23-24H,6-7,10-14H2,1-4H3. The number of benzene rings is 1. The Balaban J connectivity index is 1.73. The SMILES string of the molecule is Cc1c(NC(C)C(C)C)cccc1C(=O)N1CCCC(N2CCNCC2=O)C1. The average molecular weight is 387 g/mol. The lowest BCUT2D eigenvalue weighted by Crippen LogP contribution is -2.57. The molecule has 0 aliphatic carbocycles. The predicted molar refractivity (Wildman–Crippen MR) is 113 cm³/mol. The Bertz CT molecular complexity index is 718. The number of anilines is 1. The van der Waals surface area contributed by atoms with Gasteiger partial charge in [0.2, 0.25) is 5.91 Å². The smallest absolute Gasteiger partial charge is 0.254 e. The molecule has 2 saturated heterocycles. The van der Waals surface area contributed by atoms with Gasteiger partial charge in [-0.2, -0.15) is 0 Å². The minimum Gasteiger partial charge on any atom is -0.382 e. The number of hydrogen-bond acceptors (Lipinski definition) is 4. The summed E-state index contributed by atoms with van der Waals surface area (Å²) < 4.78 is 0. The molecule has 2 heterocycles. The van der Waals surface area contributed by atoms with Crippen LogP contribution in [-0.2, 0) is 4.79 Å². The third-order valence-electron chi connectivity index (χ3n) is 6.20. The first kappa shape index (κ1) is 20.6. The van der Waals surface area contributed by atoms with E-state index in [9.17, 15) is 9.59 Å². The summed E-state index contributed by atoms with van der Waals surface area (Å²) in [5, 5.41) is 6.67. The van der Waals surface area contributed by atoms with Gasteiger partial charge in [-0.3, -0.25) is 9.59 Å². The summed E-state index contributed by atoms with van der Waals surface area (Å²) in [6, 6.07) is 6.39. The topological polar surface area (TPSA) is 64.7 Å². The first-order valence-corrected chi connectivity index (χ1v) is 10.5. The van der Waals surface area contributed by atoms with Crippen LogP contribution in [0.25, 0.3) is 0 Å². The second kappa shape index (κ2) is 8.95. The van der Waals surface area contributed by atoms with E-state index in [-0.39, 0.29) is 17.9 Å². The predicted octanol–water partition coefficient (Wildman–Crippen LogP) is 2.49. The largest absolute Gasteiger partial charge is 0.382 e. The highest BCUT2D eigenvalue weighted by Crippen LogP contribution is 2.25. The molecule has 2 aliphatic heterocycles. The Hall–Kier alpha value is -2.08. The van der Waals surface area contributed by atoms with Gasteiger partial charge in [0.15, 0.2) is 0 Å². The van der Waals surface area contributed by atoms with Crippen LogP contribution >= 0.6 is 0 Å². The Morgan fingerprint density at radius 1 is 1.25 bits per heavy atom. The van der Waals surface area contributed by atoms with Crippen molar-refractivity contribution in [1.29, 1.82) is 0 Å². The fourth-order valence-electron chi connectivity index (χ4n) is 4.01. The Morgan fingerprint density at radius 3 is 2.75 bits per heavy atom. The summed E-state index contributed by atoms with van der Waals surface area (Å²) in [6.45, 7) is 11.9. The molecule has 2 N–H and O–H groups in total. The van der Waals surface area contributed by atoms with E-state index in [4.69, 9.17) is 0 Å². The van der Waals surface area contributed by atoms with Gasteiger partial charge in [-0.25, -0.2) is 0 Å². The van der Waals surface area contributed by atoms with E-state index in [1.54, 1.807) is 0 Å². The molecule has 3 rings (SSSR count). The van der Waals surface area contributed by atoms with E-state index < -0.39 is 0 Å². The van der Waals surface area contributed by atoms with Crippen molar-refractivity contribution < 1.29 is 9.59 Å². The highest BCUT2D eigenvalue weighted by Gasteiger charge is 2.32. The Labute approximate surface area is 168 Å². The molecule has 1 aromatic rings. The van der Waals surface area contributed by atoms with Crippen molar-refractivity contribution in [3.05, 3.63) is 29.3 Å². The Kier molecular flexibility index (Phi) is 6.60. The zero-order chi connectivity index (χ0) is 20.3. The van der Waals surface area contributed by atoms with Crippen molar-refractivity contribution in [2.24, 2.45) is 5.92 Å². The van der Waals surface area contributed by atoms with Crippen LogP contribution in [0.1, 0.15) is 49.5 Å². The molecule has 0 aromatic heterocycles. The molecule has 28 heavy (non-hydrogen) atoms. The van der Waals surface area contributed by atoms with Crippen LogP contribution in [0.5, 0.6) is 0 Å². The monoisotopic (exact) mass is 386 g/mol. The third-order valence-corrected chi connectivity index (χ3v) is 6.20. The van der Waals surface area contributed by atoms with Crippen molar-refractivity contribution in [1.82, 2.24) is 15.1 Å². The summed E-state index contributed by atoms with van der Waals surface area (Å²) in [4.78, 5) is 29.4. The highest BCUT2D eigenvalue weighted by molar-refractivity contribution is 5.97. The molecule has 0 spiro atoms. The van der Waals surface area contributed by atoms with Gasteiger partial charge in [0, 0.05) is 49.5 Å². The van der Waals surface area contributed by atoms with Crippen LogP contribution in [0.4, 0.5) is 5.69 Å². The number of rotatable bonds is 5. The van der Waals surface area contributed by atoms with Crippen molar-refractivity contribution in [2.45, 2.75) is 52.6 Å². The fraction of sp³-hybridized carbons (Fsp3) is 0.636. The Morgan fingerprint density at radius 2 is 2.04 bits per heavy atom. The maximum Gasteiger partial charge on any atom is 0.254 e. The quantitative estimate of drug-likeness (QED) is 0.816. The molecule has 2 unspecified atom stereocenters. The van der Waals surface area contributed by atoms with Crippen LogP contribution < -0.4 is 10.6 Å². The number of nitrogens with zero attached hydrogens (tertiary/aromatic N) is 2. The summed E-state index contributed by atoms with van der Waals surface area (Å²) in [5.74, 6) is 0.736. The minimum atomic E-state index is 0.0747. The molecular formula is C22H34N4O2. The zero-order valence-corrected chi connectivity index (χ0v) is 17.6. The van der Waals surface area contributed by atoms with Gasteiger partial charge >= 0.3 is 0 Å². The molecule has 154 valence electrons. The highest BCUT2D eigenvalue weighted by atomic mass is 16.2. The average Bonchev–Trinajstić information content (AvgIpc) is 2.69. The van der Waals surface area contributed by atoms with Crippen molar-refractivity contribution in [3.8, 4) is 0 Å². The van der Waals surface area contributed by atoms with E-state index in [0.29, 0.717) is 25.0 Å². The first-order chi connectivity index (χ1) is 13.4. The second-order valence-corrected chi connectivity index (χ2v) is 8.47. The molecule has 2 amide bonds. The maximum atomic E-state index is 13.3. The normalized spacial score (nSPS) is 21.8. The molecule has 1 aromatic carbocycles. The van der Waals surface area contributed by atoms with Gasteiger partial charge < -0.3 is 20.4 Å². The van der Waals surface area contributed by atoms with Crippen LogP contribution in [0.15, 0.2) is 18.2 Å². The number of piperazine rings is 1. The molecule has 6 nitrogen and oxygen atoms in total. The van der Waals surface area contributed by atoms with Crippen molar-refractivity contribution in [2.75, 3.05) is 38.0 Å². The summed E-state index contributed by atoms with van der Waals surface area (Å²) in [6.07, 6.45) is 1.91.